The van der Waals surface area contributed by atoms with E-state index < -0.39 is 30.8 Å². The van der Waals surface area contributed by atoms with Gasteiger partial charge in [-0.2, -0.15) is 23.3 Å². The first-order valence-electron chi connectivity index (χ1n) is 9.88. The molecule has 1 aromatic rings. The highest BCUT2D eigenvalue weighted by molar-refractivity contribution is 5.91. The van der Waals surface area contributed by atoms with E-state index in [2.05, 4.69) is 5.10 Å². The van der Waals surface area contributed by atoms with Crippen molar-refractivity contribution >= 4 is 11.6 Å². The summed E-state index contributed by atoms with van der Waals surface area (Å²) in [5, 5.41) is 14.3. The largest absolute Gasteiger partial charge is 0.483 e. The Bertz CT molecular complexity index is 754. The van der Waals surface area contributed by atoms with Gasteiger partial charge in [-0.3, -0.25) is 4.79 Å². The third kappa shape index (κ3) is 5.29. The van der Waals surface area contributed by atoms with Crippen LogP contribution in [0.5, 0.6) is 5.75 Å². The number of rotatable bonds is 8. The van der Waals surface area contributed by atoms with Gasteiger partial charge in [0.1, 0.15) is 5.75 Å². The SMILES string of the molecule is CCCCCCC1=NN(C(=O)COc2c(C)cc(C)cc2C)[C@](O)(C(F)(F)F)C1. The molecule has 29 heavy (non-hydrogen) atoms. The van der Waals surface area contributed by atoms with E-state index in [4.69, 9.17) is 4.74 Å². The number of halogens is 3. The second kappa shape index (κ2) is 9.15. The molecule has 0 saturated carbocycles. The molecule has 1 atom stereocenters. The summed E-state index contributed by atoms with van der Waals surface area (Å²) in [4.78, 5) is 12.5. The fraction of sp³-hybridized carbons (Fsp3) is 0.619. The summed E-state index contributed by atoms with van der Waals surface area (Å²) in [5.41, 5.74) is -0.574. The van der Waals surface area contributed by atoms with Gasteiger partial charge in [-0.05, 0) is 44.7 Å². The minimum atomic E-state index is -5.02. The van der Waals surface area contributed by atoms with Gasteiger partial charge in [-0.25, -0.2) is 0 Å². The highest BCUT2D eigenvalue weighted by Gasteiger charge is 2.63. The smallest absolute Gasteiger partial charge is 0.438 e. The van der Waals surface area contributed by atoms with Crippen molar-refractivity contribution in [2.75, 3.05) is 6.61 Å². The number of carbonyl (C=O) groups excluding carboxylic acids is 1. The minimum absolute atomic E-state index is 0.154. The zero-order valence-electron chi connectivity index (χ0n) is 17.4. The average Bonchev–Trinajstić information content (AvgIpc) is 2.95. The average molecular weight is 414 g/mol. The molecule has 1 N–H and O–H groups in total. The zero-order valence-corrected chi connectivity index (χ0v) is 17.4. The molecule has 1 amide bonds. The van der Waals surface area contributed by atoms with Gasteiger partial charge < -0.3 is 9.84 Å². The number of alkyl halides is 3. The number of benzene rings is 1. The lowest BCUT2D eigenvalue weighted by Gasteiger charge is -2.32. The fourth-order valence-corrected chi connectivity index (χ4v) is 3.59. The van der Waals surface area contributed by atoms with Gasteiger partial charge in [0.25, 0.3) is 11.6 Å². The van der Waals surface area contributed by atoms with Crippen LogP contribution < -0.4 is 4.74 Å². The Kier molecular flexibility index (Phi) is 7.32. The van der Waals surface area contributed by atoms with E-state index in [0.717, 1.165) is 36.0 Å². The predicted octanol–water partition coefficient (Wildman–Crippen LogP) is 4.80. The van der Waals surface area contributed by atoms with Crippen LogP contribution in [0.1, 0.15) is 62.1 Å². The van der Waals surface area contributed by atoms with Crippen LogP contribution in [-0.4, -0.2) is 40.2 Å². The van der Waals surface area contributed by atoms with Crippen molar-refractivity contribution in [3.63, 3.8) is 0 Å². The minimum Gasteiger partial charge on any atom is -0.483 e. The Morgan fingerprint density at radius 2 is 1.83 bits per heavy atom. The number of unbranched alkanes of at least 4 members (excludes halogenated alkanes) is 3. The molecule has 1 aliphatic heterocycles. The number of nitrogens with zero attached hydrogens (tertiary/aromatic N) is 2. The lowest BCUT2D eigenvalue weighted by Crippen LogP contribution is -2.57. The first kappa shape index (κ1) is 23.2. The number of aryl methyl sites for hydroxylation is 3. The molecule has 0 fully saturated rings. The van der Waals surface area contributed by atoms with Gasteiger partial charge in [-0.1, -0.05) is 43.9 Å². The first-order chi connectivity index (χ1) is 13.5. The Labute approximate surface area is 169 Å². The van der Waals surface area contributed by atoms with Crippen LogP contribution in [0.4, 0.5) is 13.2 Å². The van der Waals surface area contributed by atoms with Gasteiger partial charge in [-0.15, -0.1) is 0 Å². The molecule has 0 unspecified atom stereocenters. The van der Waals surface area contributed by atoms with E-state index in [1.54, 1.807) is 13.8 Å². The second-order valence-electron chi connectivity index (χ2n) is 7.69. The van der Waals surface area contributed by atoms with Crippen LogP contribution >= 0.6 is 0 Å². The summed E-state index contributed by atoms with van der Waals surface area (Å²) in [5.74, 6) is -0.588. The Morgan fingerprint density at radius 3 is 2.38 bits per heavy atom. The lowest BCUT2D eigenvalue weighted by molar-refractivity contribution is -0.302. The maximum Gasteiger partial charge on any atom is 0.438 e. The lowest BCUT2D eigenvalue weighted by atomic mass is 10.0. The highest BCUT2D eigenvalue weighted by Crippen LogP contribution is 2.41. The van der Waals surface area contributed by atoms with Gasteiger partial charge >= 0.3 is 6.18 Å². The monoisotopic (exact) mass is 414 g/mol. The molecule has 0 spiro atoms. The predicted molar refractivity (Wildman–Crippen MR) is 105 cm³/mol. The van der Waals surface area contributed by atoms with Gasteiger partial charge in [0.05, 0.1) is 0 Å². The van der Waals surface area contributed by atoms with Gasteiger partial charge in [0.15, 0.2) is 6.61 Å². The van der Waals surface area contributed by atoms with Crippen molar-refractivity contribution in [3.05, 3.63) is 28.8 Å². The summed E-state index contributed by atoms with van der Waals surface area (Å²) < 4.78 is 46.2. The molecule has 2 rings (SSSR count). The molecule has 0 bridgehead atoms. The third-order valence-corrected chi connectivity index (χ3v) is 5.00. The molecule has 0 aromatic heterocycles. The summed E-state index contributed by atoms with van der Waals surface area (Å²) in [7, 11) is 0. The van der Waals surface area contributed by atoms with Crippen molar-refractivity contribution in [3.8, 4) is 5.75 Å². The van der Waals surface area contributed by atoms with E-state index >= 15 is 0 Å². The molecule has 1 heterocycles. The summed E-state index contributed by atoms with van der Waals surface area (Å²) >= 11 is 0. The van der Waals surface area contributed by atoms with E-state index in [-0.39, 0.29) is 10.7 Å². The third-order valence-electron chi connectivity index (χ3n) is 5.00. The number of amides is 1. The van der Waals surface area contributed by atoms with E-state index in [1.165, 1.54) is 0 Å². The number of hydrogen-bond acceptors (Lipinski definition) is 4. The molecule has 1 aliphatic rings. The second-order valence-corrected chi connectivity index (χ2v) is 7.69. The van der Waals surface area contributed by atoms with Crippen molar-refractivity contribution in [2.45, 2.75) is 78.1 Å². The Balaban J connectivity index is 2.14. The van der Waals surface area contributed by atoms with Crippen molar-refractivity contribution in [2.24, 2.45) is 5.10 Å². The molecule has 162 valence electrons. The molecule has 5 nitrogen and oxygen atoms in total. The van der Waals surface area contributed by atoms with Crippen LogP contribution in [0.15, 0.2) is 17.2 Å². The number of ether oxygens (including phenoxy) is 1. The van der Waals surface area contributed by atoms with Crippen LogP contribution in [0.25, 0.3) is 0 Å². The first-order valence-corrected chi connectivity index (χ1v) is 9.88. The van der Waals surface area contributed by atoms with Crippen molar-refractivity contribution in [1.82, 2.24) is 5.01 Å². The molecule has 0 radical (unpaired) electrons. The number of carbonyl (C=O) groups is 1. The normalized spacial score (nSPS) is 19.4. The van der Waals surface area contributed by atoms with E-state index in [0.29, 0.717) is 18.6 Å². The molecule has 1 aromatic carbocycles. The Morgan fingerprint density at radius 1 is 1.21 bits per heavy atom. The van der Waals surface area contributed by atoms with E-state index in [9.17, 15) is 23.1 Å². The van der Waals surface area contributed by atoms with Crippen LogP contribution in [-0.2, 0) is 4.79 Å². The number of hydrazone groups is 1. The maximum absolute atomic E-state index is 13.5. The molecular weight excluding hydrogens is 385 g/mol. The topological polar surface area (TPSA) is 62.1 Å². The van der Waals surface area contributed by atoms with Crippen LogP contribution in [0, 0.1) is 20.8 Å². The highest BCUT2D eigenvalue weighted by atomic mass is 19.4. The molecular formula is C21H29F3N2O3. The molecule has 8 heteroatoms. The van der Waals surface area contributed by atoms with Gasteiger partial charge in [0.2, 0.25) is 0 Å². The summed E-state index contributed by atoms with van der Waals surface area (Å²) in [6.07, 6.45) is -1.92. The van der Waals surface area contributed by atoms with Crippen molar-refractivity contribution < 1.29 is 27.8 Å². The quantitative estimate of drug-likeness (QED) is 0.622. The van der Waals surface area contributed by atoms with Crippen molar-refractivity contribution in [1.29, 1.82) is 0 Å². The standard InChI is InChI=1S/C21H29F3N2O3/c1-5-6-7-8-9-17-12-20(28,21(22,23)24)26(25-17)18(27)13-29-19-15(3)10-14(2)11-16(19)4/h10-11,28H,5-9,12-13H2,1-4H3/t20-/m1/s1. The van der Waals surface area contributed by atoms with Crippen LogP contribution in [0.3, 0.4) is 0 Å². The Hall–Kier alpha value is -2.09. The molecule has 0 aliphatic carbocycles. The fourth-order valence-electron chi connectivity index (χ4n) is 3.59. The number of aliphatic hydroxyl groups is 1. The summed E-state index contributed by atoms with van der Waals surface area (Å²) in [6, 6.07) is 3.72. The van der Waals surface area contributed by atoms with Gasteiger partial charge in [0, 0.05) is 12.1 Å². The van der Waals surface area contributed by atoms with Crippen LogP contribution in [0.2, 0.25) is 0 Å². The number of hydrogen-bond donors (Lipinski definition) is 1. The zero-order chi connectivity index (χ0) is 21.8. The van der Waals surface area contributed by atoms with E-state index in [1.807, 2.05) is 26.0 Å². The maximum atomic E-state index is 13.5. The molecule has 0 saturated heterocycles. The summed E-state index contributed by atoms with van der Waals surface area (Å²) in [6.45, 7) is 6.91.